The normalized spacial score (nSPS) is 15.0. The van der Waals surface area contributed by atoms with Gasteiger partial charge in [-0.1, -0.05) is 85.3 Å². The Morgan fingerprint density at radius 2 is 1.61 bits per heavy atom. The minimum atomic E-state index is -0.613. The maximum absolute atomic E-state index is 14.2. The number of nitrogens with one attached hydrogen (secondary N) is 1. The molecule has 0 aliphatic carbocycles. The molecule has 0 saturated heterocycles. The van der Waals surface area contributed by atoms with Crippen molar-refractivity contribution in [1.82, 2.24) is 9.13 Å². The number of thiazole rings is 1. The van der Waals surface area contributed by atoms with Gasteiger partial charge >= 0.3 is 0 Å². The number of carbonyl (C=O) groups is 1. The van der Waals surface area contributed by atoms with Gasteiger partial charge in [0.2, 0.25) is 0 Å². The minimum Gasteiger partial charge on any atom is -0.322 e. The molecule has 2 aromatic heterocycles. The zero-order valence-electron chi connectivity index (χ0n) is 25.9. The number of aromatic nitrogens is 2. The zero-order valence-corrected chi connectivity index (χ0v) is 26.7. The maximum atomic E-state index is 14.2. The largest absolute Gasteiger partial charge is 0.322 e. The molecule has 3 aromatic carbocycles. The third-order valence-corrected chi connectivity index (χ3v) is 9.25. The molecule has 1 amide bonds. The first-order chi connectivity index (χ1) is 21.1. The van der Waals surface area contributed by atoms with Crippen molar-refractivity contribution in [2.45, 2.75) is 53.5 Å². The molecule has 1 N–H and O–H groups in total. The van der Waals surface area contributed by atoms with Crippen LogP contribution in [0.3, 0.4) is 0 Å². The Hall–Kier alpha value is -4.75. The van der Waals surface area contributed by atoms with E-state index in [1.165, 1.54) is 22.5 Å². The second-order valence-electron chi connectivity index (χ2n) is 11.7. The summed E-state index contributed by atoms with van der Waals surface area (Å²) in [7, 11) is 0. The van der Waals surface area contributed by atoms with Crippen LogP contribution in [-0.2, 0) is 4.79 Å². The summed E-state index contributed by atoms with van der Waals surface area (Å²) in [6, 6.07) is 27.5. The SMILES string of the molecule is CC1=C(C(=O)Nc2ccccc2)[C@@H](c2ccc(C(C)C)cc2)n2c(s/c(=C\c3cc(C)n(-c4ccc(C)cc4)c3C)c2=O)=N1. The molecule has 1 aliphatic heterocycles. The van der Waals surface area contributed by atoms with E-state index in [2.05, 4.69) is 87.0 Å². The van der Waals surface area contributed by atoms with E-state index in [0.717, 1.165) is 28.2 Å². The summed E-state index contributed by atoms with van der Waals surface area (Å²) in [5.41, 5.74) is 9.06. The van der Waals surface area contributed by atoms with E-state index in [1.807, 2.05) is 55.5 Å². The van der Waals surface area contributed by atoms with E-state index in [-0.39, 0.29) is 11.5 Å². The number of para-hydroxylation sites is 1. The first-order valence-electron chi connectivity index (χ1n) is 14.9. The van der Waals surface area contributed by atoms with Gasteiger partial charge in [0.1, 0.15) is 0 Å². The van der Waals surface area contributed by atoms with Crippen molar-refractivity contribution in [3.8, 4) is 5.69 Å². The van der Waals surface area contributed by atoms with Crippen molar-refractivity contribution in [1.29, 1.82) is 0 Å². The molecule has 1 aliphatic rings. The number of amides is 1. The third-order valence-electron chi connectivity index (χ3n) is 8.27. The van der Waals surface area contributed by atoms with E-state index in [0.29, 0.717) is 32.2 Å². The van der Waals surface area contributed by atoms with Crippen LogP contribution in [0.5, 0.6) is 0 Å². The van der Waals surface area contributed by atoms with Gasteiger partial charge in [0.15, 0.2) is 4.80 Å². The number of rotatable bonds is 6. The van der Waals surface area contributed by atoms with Crippen LogP contribution >= 0.6 is 11.3 Å². The van der Waals surface area contributed by atoms with E-state index in [4.69, 9.17) is 4.99 Å². The number of allylic oxidation sites excluding steroid dienone is 1. The fraction of sp³-hybridized carbons (Fsp3) is 0.216. The van der Waals surface area contributed by atoms with Gasteiger partial charge in [-0.05, 0) is 86.7 Å². The first-order valence-corrected chi connectivity index (χ1v) is 15.7. The molecule has 0 unspecified atom stereocenters. The van der Waals surface area contributed by atoms with Gasteiger partial charge in [0, 0.05) is 22.8 Å². The second kappa shape index (κ2) is 11.7. The third kappa shape index (κ3) is 5.40. The number of aryl methyl sites for hydroxylation is 2. The summed E-state index contributed by atoms with van der Waals surface area (Å²) in [5, 5.41) is 3.02. The van der Waals surface area contributed by atoms with Crippen LogP contribution in [0.2, 0.25) is 0 Å². The monoisotopic (exact) mass is 600 g/mol. The van der Waals surface area contributed by atoms with Gasteiger partial charge in [0.05, 0.1) is 21.8 Å². The molecule has 222 valence electrons. The van der Waals surface area contributed by atoms with Gasteiger partial charge in [-0.3, -0.25) is 14.2 Å². The lowest BCUT2D eigenvalue weighted by atomic mass is 9.93. The Balaban J connectivity index is 1.49. The molecule has 5 aromatic rings. The average molecular weight is 601 g/mol. The van der Waals surface area contributed by atoms with Crippen molar-refractivity contribution >= 4 is 29.0 Å². The number of hydrogen-bond donors (Lipinski definition) is 1. The second-order valence-corrected chi connectivity index (χ2v) is 12.7. The quantitative estimate of drug-likeness (QED) is 0.235. The fourth-order valence-electron chi connectivity index (χ4n) is 5.88. The van der Waals surface area contributed by atoms with E-state index in [9.17, 15) is 9.59 Å². The predicted octanol–water partition coefficient (Wildman–Crippen LogP) is 6.71. The van der Waals surface area contributed by atoms with Crippen molar-refractivity contribution < 1.29 is 4.79 Å². The number of nitrogens with zero attached hydrogens (tertiary/aromatic N) is 3. The fourth-order valence-corrected chi connectivity index (χ4v) is 6.91. The van der Waals surface area contributed by atoms with Gasteiger partial charge < -0.3 is 9.88 Å². The molecule has 44 heavy (non-hydrogen) atoms. The Morgan fingerprint density at radius 3 is 2.27 bits per heavy atom. The molecule has 0 fully saturated rings. The van der Waals surface area contributed by atoms with Crippen LogP contribution in [0.4, 0.5) is 5.69 Å². The highest BCUT2D eigenvalue weighted by molar-refractivity contribution is 7.07. The molecule has 0 radical (unpaired) electrons. The summed E-state index contributed by atoms with van der Waals surface area (Å²) in [5.74, 6) is 0.0920. The van der Waals surface area contributed by atoms with E-state index >= 15 is 0 Å². The number of hydrogen-bond acceptors (Lipinski definition) is 4. The topological polar surface area (TPSA) is 68.4 Å². The highest BCUT2D eigenvalue weighted by Crippen LogP contribution is 2.32. The number of fused-ring (bicyclic) bond motifs is 1. The van der Waals surface area contributed by atoms with Crippen LogP contribution in [-0.4, -0.2) is 15.0 Å². The standard InChI is InChI=1S/C37H36N4O2S/c1-22(2)27-14-16-28(17-15-27)34-33(35(42)39-30-10-8-7-9-11-30)25(5)38-37-41(34)36(43)32(44-37)21-29-20-24(4)40(26(29)6)31-18-12-23(3)13-19-31/h7-22,34H,1-6H3,(H,39,42)/b32-21-/t34-/m1/s1. The smallest absolute Gasteiger partial charge is 0.271 e. The van der Waals surface area contributed by atoms with Gasteiger partial charge in [-0.25, -0.2) is 4.99 Å². The Labute approximate surface area is 261 Å². The van der Waals surface area contributed by atoms with Crippen molar-refractivity contribution in [3.63, 3.8) is 0 Å². The Morgan fingerprint density at radius 1 is 0.932 bits per heavy atom. The van der Waals surface area contributed by atoms with Crippen molar-refractivity contribution in [2.24, 2.45) is 4.99 Å². The number of anilines is 1. The summed E-state index contributed by atoms with van der Waals surface area (Å²) in [4.78, 5) is 33.5. The van der Waals surface area contributed by atoms with Gasteiger partial charge in [-0.2, -0.15) is 0 Å². The molecule has 0 bridgehead atoms. The molecule has 0 spiro atoms. The molecule has 6 nitrogen and oxygen atoms in total. The number of carbonyl (C=O) groups excluding carboxylic acids is 1. The van der Waals surface area contributed by atoms with Crippen LogP contribution in [0.25, 0.3) is 11.8 Å². The lowest BCUT2D eigenvalue weighted by molar-refractivity contribution is -0.113. The average Bonchev–Trinajstić information content (AvgIpc) is 3.46. The Kier molecular flexibility index (Phi) is 7.82. The maximum Gasteiger partial charge on any atom is 0.271 e. The molecule has 3 heterocycles. The number of benzene rings is 3. The highest BCUT2D eigenvalue weighted by Gasteiger charge is 2.32. The lowest BCUT2D eigenvalue weighted by Crippen LogP contribution is -2.40. The molecular formula is C37H36N4O2S. The minimum absolute atomic E-state index is 0.163. The van der Waals surface area contributed by atoms with Gasteiger partial charge in [0.25, 0.3) is 11.5 Å². The zero-order chi connectivity index (χ0) is 31.1. The Bertz CT molecular complexity index is 2080. The molecule has 0 saturated carbocycles. The van der Waals surface area contributed by atoms with Crippen molar-refractivity contribution in [3.05, 3.63) is 150 Å². The molecule has 7 heteroatoms. The molecule has 1 atom stereocenters. The van der Waals surface area contributed by atoms with Crippen molar-refractivity contribution in [2.75, 3.05) is 5.32 Å². The summed E-state index contributed by atoms with van der Waals surface area (Å²) in [6.45, 7) is 12.4. The van der Waals surface area contributed by atoms with Crippen LogP contribution in [0, 0.1) is 20.8 Å². The summed E-state index contributed by atoms with van der Waals surface area (Å²) in [6.07, 6.45) is 1.96. The van der Waals surface area contributed by atoms with E-state index < -0.39 is 6.04 Å². The highest BCUT2D eigenvalue weighted by atomic mass is 32.1. The van der Waals surface area contributed by atoms with Crippen LogP contribution in [0.15, 0.2) is 106 Å². The summed E-state index contributed by atoms with van der Waals surface area (Å²) < 4.78 is 4.47. The predicted molar refractivity (Wildman–Crippen MR) is 179 cm³/mol. The molecular weight excluding hydrogens is 565 g/mol. The lowest BCUT2D eigenvalue weighted by Gasteiger charge is -2.25. The van der Waals surface area contributed by atoms with Gasteiger partial charge in [-0.15, -0.1) is 0 Å². The molecule has 6 rings (SSSR count). The van der Waals surface area contributed by atoms with Crippen LogP contribution < -0.4 is 20.2 Å². The first kappa shape index (κ1) is 29.3. The van der Waals surface area contributed by atoms with Crippen LogP contribution in [0.1, 0.15) is 66.4 Å². The summed E-state index contributed by atoms with van der Waals surface area (Å²) >= 11 is 1.36. The van der Waals surface area contributed by atoms with E-state index in [1.54, 1.807) is 4.57 Å².